The van der Waals surface area contributed by atoms with Gasteiger partial charge in [-0.05, 0) is 18.9 Å². The van der Waals surface area contributed by atoms with Crippen molar-refractivity contribution in [1.82, 2.24) is 0 Å². The number of benzene rings is 1. The number of aliphatic hydroxyl groups is 1. The predicted octanol–water partition coefficient (Wildman–Crippen LogP) is 3.36. The van der Waals surface area contributed by atoms with E-state index in [0.717, 1.165) is 12.8 Å². The molecule has 1 aliphatic carbocycles. The van der Waals surface area contributed by atoms with Crippen LogP contribution < -0.4 is 4.90 Å². The Labute approximate surface area is 108 Å². The molecule has 100 valence electrons. The maximum atomic E-state index is 12.6. The maximum absolute atomic E-state index is 12.6. The van der Waals surface area contributed by atoms with Crippen LogP contribution in [0.5, 0.6) is 0 Å². The first kappa shape index (κ1) is 13.5. The first-order chi connectivity index (χ1) is 8.42. The van der Waals surface area contributed by atoms with E-state index in [0.29, 0.717) is 11.3 Å². The van der Waals surface area contributed by atoms with Gasteiger partial charge in [0.1, 0.15) is 6.54 Å². The van der Waals surface area contributed by atoms with Crippen molar-refractivity contribution in [3.05, 3.63) is 28.8 Å². The van der Waals surface area contributed by atoms with E-state index in [4.69, 9.17) is 11.6 Å². The zero-order valence-corrected chi connectivity index (χ0v) is 10.3. The van der Waals surface area contributed by atoms with Crippen LogP contribution in [0.4, 0.5) is 18.9 Å². The highest BCUT2D eigenvalue weighted by molar-refractivity contribution is 6.33. The predicted molar refractivity (Wildman–Crippen MR) is 63.8 cm³/mol. The lowest BCUT2D eigenvalue weighted by Gasteiger charge is -2.28. The van der Waals surface area contributed by atoms with Gasteiger partial charge in [-0.25, -0.2) is 0 Å². The molecule has 2 nitrogen and oxygen atoms in total. The van der Waals surface area contributed by atoms with E-state index >= 15 is 0 Å². The van der Waals surface area contributed by atoms with Crippen LogP contribution in [0.15, 0.2) is 18.2 Å². The summed E-state index contributed by atoms with van der Waals surface area (Å²) in [5.41, 5.74) is 0.736. The minimum Gasteiger partial charge on any atom is -0.392 e. The second-order valence-corrected chi connectivity index (χ2v) is 4.79. The molecular formula is C12H13ClF3NO. The van der Waals surface area contributed by atoms with E-state index in [9.17, 15) is 18.3 Å². The Bertz CT molecular complexity index is 432. The Balaban J connectivity index is 2.36. The van der Waals surface area contributed by atoms with Gasteiger partial charge in [0, 0.05) is 11.6 Å². The topological polar surface area (TPSA) is 23.5 Å². The third kappa shape index (κ3) is 3.09. The van der Waals surface area contributed by atoms with Gasteiger partial charge in [0.2, 0.25) is 0 Å². The normalized spacial score (nSPS) is 15.8. The molecule has 2 rings (SSSR count). The molecule has 6 heteroatoms. The molecule has 0 unspecified atom stereocenters. The summed E-state index contributed by atoms with van der Waals surface area (Å²) in [5.74, 6) is 0. The largest absolute Gasteiger partial charge is 0.405 e. The van der Waals surface area contributed by atoms with Gasteiger partial charge in [0.15, 0.2) is 0 Å². The summed E-state index contributed by atoms with van der Waals surface area (Å²) in [5, 5.41) is 9.47. The van der Waals surface area contributed by atoms with Gasteiger partial charge < -0.3 is 10.0 Å². The zero-order chi connectivity index (χ0) is 13.3. The molecule has 1 fully saturated rings. The second kappa shape index (κ2) is 4.97. The van der Waals surface area contributed by atoms with E-state index in [1.165, 1.54) is 4.90 Å². The Morgan fingerprint density at radius 1 is 1.33 bits per heavy atom. The summed E-state index contributed by atoms with van der Waals surface area (Å²) in [7, 11) is 0. The fraction of sp³-hybridized carbons (Fsp3) is 0.500. The minimum absolute atomic E-state index is 0.128. The van der Waals surface area contributed by atoms with Crippen molar-refractivity contribution >= 4 is 17.3 Å². The first-order valence-electron chi connectivity index (χ1n) is 5.64. The van der Waals surface area contributed by atoms with Gasteiger partial charge in [-0.15, -0.1) is 0 Å². The molecule has 0 aromatic heterocycles. The van der Waals surface area contributed by atoms with Gasteiger partial charge in [-0.3, -0.25) is 0 Å². The van der Waals surface area contributed by atoms with E-state index < -0.39 is 12.7 Å². The van der Waals surface area contributed by atoms with Crippen molar-refractivity contribution in [3.8, 4) is 0 Å². The molecule has 0 radical (unpaired) electrons. The lowest BCUT2D eigenvalue weighted by molar-refractivity contribution is -0.120. The van der Waals surface area contributed by atoms with E-state index in [-0.39, 0.29) is 17.7 Å². The Morgan fingerprint density at radius 2 is 2.00 bits per heavy atom. The number of hydrogen-bond acceptors (Lipinski definition) is 2. The second-order valence-electron chi connectivity index (χ2n) is 4.38. The Morgan fingerprint density at radius 3 is 2.50 bits per heavy atom. The first-order valence-corrected chi connectivity index (χ1v) is 6.02. The third-order valence-corrected chi connectivity index (χ3v) is 3.17. The number of alkyl halides is 3. The lowest BCUT2D eigenvalue weighted by atomic mass is 10.1. The number of hydrogen-bond donors (Lipinski definition) is 1. The average molecular weight is 280 g/mol. The number of aliphatic hydroxyl groups excluding tert-OH is 1. The quantitative estimate of drug-likeness (QED) is 0.913. The van der Waals surface area contributed by atoms with Gasteiger partial charge in [0.05, 0.1) is 17.3 Å². The molecule has 1 aromatic carbocycles. The van der Waals surface area contributed by atoms with Crippen LogP contribution in [0.1, 0.15) is 18.4 Å². The van der Waals surface area contributed by atoms with Crippen molar-refractivity contribution < 1.29 is 18.3 Å². The number of halogens is 4. The summed E-state index contributed by atoms with van der Waals surface area (Å²) in [6.45, 7) is -1.36. The molecule has 0 aliphatic heterocycles. The van der Waals surface area contributed by atoms with Crippen LogP contribution in [0, 0.1) is 0 Å². The fourth-order valence-corrected chi connectivity index (χ4v) is 2.28. The molecule has 1 saturated carbocycles. The summed E-state index contributed by atoms with van der Waals surface area (Å²) in [4.78, 5) is 1.26. The van der Waals surface area contributed by atoms with Gasteiger partial charge in [0.25, 0.3) is 0 Å². The molecule has 0 atom stereocenters. The summed E-state index contributed by atoms with van der Waals surface area (Å²) >= 11 is 5.98. The number of rotatable bonds is 4. The monoisotopic (exact) mass is 279 g/mol. The van der Waals surface area contributed by atoms with Crippen molar-refractivity contribution in [3.63, 3.8) is 0 Å². The van der Waals surface area contributed by atoms with Crippen molar-refractivity contribution in [2.24, 2.45) is 0 Å². The lowest BCUT2D eigenvalue weighted by Crippen LogP contribution is -2.36. The Hall–Kier alpha value is -0.940. The minimum atomic E-state index is -4.28. The molecule has 0 amide bonds. The Kier molecular flexibility index (Phi) is 3.73. The van der Waals surface area contributed by atoms with Gasteiger partial charge >= 0.3 is 6.18 Å². The molecule has 0 bridgehead atoms. The molecule has 1 aromatic rings. The van der Waals surface area contributed by atoms with Crippen LogP contribution in [0.25, 0.3) is 0 Å². The molecule has 1 N–H and O–H groups in total. The zero-order valence-electron chi connectivity index (χ0n) is 9.54. The van der Waals surface area contributed by atoms with Gasteiger partial charge in [-0.1, -0.05) is 23.7 Å². The van der Waals surface area contributed by atoms with Crippen LogP contribution in [0.3, 0.4) is 0 Å². The molecule has 0 heterocycles. The van der Waals surface area contributed by atoms with Crippen molar-refractivity contribution in [2.75, 3.05) is 11.4 Å². The van der Waals surface area contributed by atoms with Crippen molar-refractivity contribution in [1.29, 1.82) is 0 Å². The summed E-state index contributed by atoms with van der Waals surface area (Å²) in [6.07, 6.45) is -2.83. The number of anilines is 1. The van der Waals surface area contributed by atoms with E-state index in [1.54, 1.807) is 18.2 Å². The van der Waals surface area contributed by atoms with Gasteiger partial charge in [-0.2, -0.15) is 13.2 Å². The summed E-state index contributed by atoms with van der Waals surface area (Å²) < 4.78 is 37.8. The maximum Gasteiger partial charge on any atom is 0.405 e. The average Bonchev–Trinajstić information content (AvgIpc) is 3.08. The third-order valence-electron chi connectivity index (χ3n) is 2.87. The van der Waals surface area contributed by atoms with E-state index in [2.05, 4.69) is 0 Å². The highest BCUT2D eigenvalue weighted by Crippen LogP contribution is 2.39. The smallest absolute Gasteiger partial charge is 0.392 e. The van der Waals surface area contributed by atoms with Crippen LogP contribution in [-0.4, -0.2) is 23.9 Å². The standard InChI is InChI=1S/C12H13ClF3NO/c13-10-3-1-2-8(6-18)11(10)17(9-4-5-9)7-12(14,15)16/h1-3,9,18H,4-7H2. The highest BCUT2D eigenvalue weighted by Gasteiger charge is 2.39. The number of para-hydroxylation sites is 1. The van der Waals surface area contributed by atoms with Crippen molar-refractivity contribution in [2.45, 2.75) is 31.7 Å². The van der Waals surface area contributed by atoms with Crippen LogP contribution >= 0.6 is 11.6 Å². The number of nitrogens with zero attached hydrogens (tertiary/aromatic N) is 1. The molecule has 18 heavy (non-hydrogen) atoms. The van der Waals surface area contributed by atoms with Crippen LogP contribution in [-0.2, 0) is 6.61 Å². The molecule has 0 spiro atoms. The molecular weight excluding hydrogens is 267 g/mol. The fourth-order valence-electron chi connectivity index (χ4n) is 1.98. The summed E-state index contributed by atoms with van der Waals surface area (Å²) in [6, 6.07) is 4.63. The van der Waals surface area contributed by atoms with Crippen LogP contribution in [0.2, 0.25) is 5.02 Å². The molecule has 1 aliphatic rings. The molecule has 0 saturated heterocycles. The SMILES string of the molecule is OCc1cccc(Cl)c1N(CC(F)(F)F)C1CC1. The van der Waals surface area contributed by atoms with E-state index in [1.807, 2.05) is 0 Å². The highest BCUT2D eigenvalue weighted by atomic mass is 35.5.